The molecule has 0 aliphatic heterocycles. The van der Waals surface area contributed by atoms with Crippen molar-refractivity contribution in [2.75, 3.05) is 0 Å². The van der Waals surface area contributed by atoms with Crippen molar-refractivity contribution in [3.05, 3.63) is 29.8 Å². The van der Waals surface area contributed by atoms with Crippen LogP contribution in [0, 0.1) is 24.7 Å². The number of nitrogens with one attached hydrogen (secondary N) is 1. The third-order valence-electron chi connectivity index (χ3n) is 5.51. The fourth-order valence-electron chi connectivity index (χ4n) is 4.23. The first-order chi connectivity index (χ1) is 10.5. The molecule has 0 saturated heterocycles. The third-order valence-corrected chi connectivity index (χ3v) is 5.51. The van der Waals surface area contributed by atoms with E-state index in [2.05, 4.69) is 12.2 Å². The maximum absolute atomic E-state index is 12.4. The lowest BCUT2D eigenvalue weighted by atomic mass is 9.84. The van der Waals surface area contributed by atoms with Gasteiger partial charge in [-0.3, -0.25) is 4.79 Å². The Hall–Kier alpha value is -1.51. The number of ether oxygens (including phenoxy) is 1. The first-order valence-corrected chi connectivity index (χ1v) is 8.56. The second-order valence-corrected chi connectivity index (χ2v) is 7.21. The molecule has 2 saturated carbocycles. The van der Waals surface area contributed by atoms with Crippen molar-refractivity contribution in [1.82, 2.24) is 5.32 Å². The maximum atomic E-state index is 12.4. The molecule has 22 heavy (non-hydrogen) atoms. The molecule has 3 nitrogen and oxygen atoms in total. The van der Waals surface area contributed by atoms with Gasteiger partial charge in [0, 0.05) is 6.04 Å². The van der Waals surface area contributed by atoms with Crippen LogP contribution in [0.3, 0.4) is 0 Å². The fraction of sp³-hybridized carbons (Fsp3) is 0.632. The van der Waals surface area contributed by atoms with Gasteiger partial charge in [-0.25, -0.2) is 0 Å². The predicted octanol–water partition coefficient (Wildman–Crippen LogP) is 3.70. The number of carbonyl (C=O) groups is 1. The number of hydrogen-bond donors (Lipinski definition) is 1. The van der Waals surface area contributed by atoms with E-state index in [9.17, 15) is 4.79 Å². The number of hydrogen-bond acceptors (Lipinski definition) is 2. The summed E-state index contributed by atoms with van der Waals surface area (Å²) in [6, 6.07) is 8.08. The molecule has 0 spiro atoms. The van der Waals surface area contributed by atoms with E-state index in [4.69, 9.17) is 4.74 Å². The normalized spacial score (nSPS) is 29.1. The van der Waals surface area contributed by atoms with Crippen LogP contribution in [0.25, 0.3) is 0 Å². The number of benzene rings is 1. The second kappa shape index (κ2) is 6.31. The molecule has 2 fully saturated rings. The lowest BCUT2D eigenvalue weighted by molar-refractivity contribution is -0.128. The summed E-state index contributed by atoms with van der Waals surface area (Å²) in [5, 5.41) is 3.17. The van der Waals surface area contributed by atoms with Crippen LogP contribution in [0.5, 0.6) is 5.75 Å². The van der Waals surface area contributed by atoms with E-state index in [-0.39, 0.29) is 11.9 Å². The van der Waals surface area contributed by atoms with E-state index in [0.29, 0.717) is 5.92 Å². The first-order valence-electron chi connectivity index (χ1n) is 8.56. The molecule has 2 aliphatic carbocycles. The van der Waals surface area contributed by atoms with Crippen molar-refractivity contribution in [2.45, 2.75) is 58.6 Å². The topological polar surface area (TPSA) is 38.3 Å². The van der Waals surface area contributed by atoms with Gasteiger partial charge in [0.25, 0.3) is 5.91 Å². The Bertz CT molecular complexity index is 525. The lowest BCUT2D eigenvalue weighted by Gasteiger charge is -2.29. The van der Waals surface area contributed by atoms with Gasteiger partial charge in [-0.15, -0.1) is 0 Å². The van der Waals surface area contributed by atoms with E-state index in [1.807, 2.05) is 38.1 Å². The molecule has 2 aliphatic rings. The molecule has 0 heterocycles. The van der Waals surface area contributed by atoms with Crippen LogP contribution in [-0.4, -0.2) is 18.1 Å². The number of carbonyl (C=O) groups excluding carboxylic acids is 1. The zero-order chi connectivity index (χ0) is 15.7. The molecule has 1 aromatic carbocycles. The summed E-state index contributed by atoms with van der Waals surface area (Å²) in [5.41, 5.74) is 1.19. The Balaban J connectivity index is 1.51. The molecular formula is C19H27NO2. The van der Waals surface area contributed by atoms with E-state index < -0.39 is 6.10 Å². The summed E-state index contributed by atoms with van der Waals surface area (Å²) in [5.74, 6) is 3.15. The van der Waals surface area contributed by atoms with Crippen LogP contribution in [0.15, 0.2) is 24.3 Å². The van der Waals surface area contributed by atoms with Gasteiger partial charge in [0.05, 0.1) is 0 Å². The molecule has 1 aromatic rings. The fourth-order valence-corrected chi connectivity index (χ4v) is 4.23. The number of rotatable bonds is 5. The van der Waals surface area contributed by atoms with Crippen LogP contribution in [0.4, 0.5) is 0 Å². The zero-order valence-electron chi connectivity index (χ0n) is 13.8. The highest BCUT2D eigenvalue weighted by atomic mass is 16.5. The average Bonchev–Trinajstić information content (AvgIpc) is 3.12. The molecule has 120 valence electrons. The number of aryl methyl sites for hydroxylation is 1. The summed E-state index contributed by atoms with van der Waals surface area (Å²) in [6.07, 6.45) is 4.96. The Labute approximate surface area is 133 Å². The Morgan fingerprint density at radius 2 is 1.91 bits per heavy atom. The van der Waals surface area contributed by atoms with Gasteiger partial charge in [0.2, 0.25) is 0 Å². The molecule has 2 bridgehead atoms. The SMILES string of the molecule is Cc1ccc(O[C@H](C)C(=O)N[C@H](C)[C@@H]2C[C@@H]3CC[C@@H]2C3)cc1. The van der Waals surface area contributed by atoms with Gasteiger partial charge >= 0.3 is 0 Å². The number of amides is 1. The van der Waals surface area contributed by atoms with Gasteiger partial charge in [0.1, 0.15) is 5.75 Å². The van der Waals surface area contributed by atoms with Crippen LogP contribution >= 0.6 is 0 Å². The predicted molar refractivity (Wildman–Crippen MR) is 87.8 cm³/mol. The van der Waals surface area contributed by atoms with Crippen molar-refractivity contribution in [2.24, 2.45) is 17.8 Å². The minimum Gasteiger partial charge on any atom is -0.481 e. The van der Waals surface area contributed by atoms with Crippen LogP contribution in [0.1, 0.15) is 45.1 Å². The zero-order valence-corrected chi connectivity index (χ0v) is 13.8. The van der Waals surface area contributed by atoms with Crippen LogP contribution < -0.4 is 10.1 Å². The van der Waals surface area contributed by atoms with Crippen molar-refractivity contribution in [1.29, 1.82) is 0 Å². The molecule has 1 N–H and O–H groups in total. The van der Waals surface area contributed by atoms with Crippen molar-refractivity contribution < 1.29 is 9.53 Å². The largest absolute Gasteiger partial charge is 0.481 e. The van der Waals surface area contributed by atoms with E-state index >= 15 is 0 Å². The third kappa shape index (κ3) is 3.29. The highest BCUT2D eigenvalue weighted by Gasteiger charge is 2.42. The lowest BCUT2D eigenvalue weighted by Crippen LogP contribution is -2.45. The summed E-state index contributed by atoms with van der Waals surface area (Å²) >= 11 is 0. The van der Waals surface area contributed by atoms with Crippen molar-refractivity contribution >= 4 is 5.91 Å². The Morgan fingerprint density at radius 3 is 2.50 bits per heavy atom. The first kappa shape index (κ1) is 15.4. The summed E-state index contributed by atoms with van der Waals surface area (Å²) < 4.78 is 5.74. The summed E-state index contributed by atoms with van der Waals surface area (Å²) in [7, 11) is 0. The number of fused-ring (bicyclic) bond motifs is 2. The summed E-state index contributed by atoms with van der Waals surface area (Å²) in [4.78, 5) is 12.4. The van der Waals surface area contributed by atoms with Gasteiger partial charge in [-0.1, -0.05) is 24.1 Å². The maximum Gasteiger partial charge on any atom is 0.260 e. The molecule has 0 unspecified atom stereocenters. The minimum absolute atomic E-state index is 0.00384. The molecular weight excluding hydrogens is 274 g/mol. The van der Waals surface area contributed by atoms with Gasteiger partial charge in [-0.05, 0) is 69.9 Å². The quantitative estimate of drug-likeness (QED) is 0.900. The smallest absolute Gasteiger partial charge is 0.260 e. The Kier molecular flexibility index (Phi) is 4.42. The average molecular weight is 301 g/mol. The van der Waals surface area contributed by atoms with E-state index in [1.165, 1.54) is 31.2 Å². The van der Waals surface area contributed by atoms with Gasteiger partial charge < -0.3 is 10.1 Å². The van der Waals surface area contributed by atoms with Crippen LogP contribution in [0.2, 0.25) is 0 Å². The highest BCUT2D eigenvalue weighted by molar-refractivity contribution is 5.81. The molecule has 3 heteroatoms. The van der Waals surface area contributed by atoms with Crippen molar-refractivity contribution in [3.8, 4) is 5.75 Å². The van der Waals surface area contributed by atoms with E-state index in [1.54, 1.807) is 0 Å². The Morgan fingerprint density at radius 1 is 1.18 bits per heavy atom. The minimum atomic E-state index is -0.455. The standard InChI is InChI=1S/C19H27NO2/c1-12-4-8-17(9-5-12)22-14(3)19(21)20-13(2)18-11-15-6-7-16(18)10-15/h4-5,8-9,13-16,18H,6-7,10-11H2,1-3H3,(H,20,21)/t13-,14-,15-,16-,18+/m1/s1. The highest BCUT2D eigenvalue weighted by Crippen LogP contribution is 2.49. The monoisotopic (exact) mass is 301 g/mol. The second-order valence-electron chi connectivity index (χ2n) is 7.21. The molecule has 5 atom stereocenters. The van der Waals surface area contributed by atoms with Crippen molar-refractivity contribution in [3.63, 3.8) is 0 Å². The molecule has 1 amide bonds. The molecule has 0 aromatic heterocycles. The van der Waals surface area contributed by atoms with Gasteiger partial charge in [-0.2, -0.15) is 0 Å². The van der Waals surface area contributed by atoms with Gasteiger partial charge in [0.15, 0.2) is 6.10 Å². The molecule has 0 radical (unpaired) electrons. The van der Waals surface area contributed by atoms with E-state index in [0.717, 1.165) is 17.6 Å². The summed E-state index contributed by atoms with van der Waals surface area (Å²) in [6.45, 7) is 6.02. The molecule has 3 rings (SSSR count). The van der Waals surface area contributed by atoms with Crippen LogP contribution in [-0.2, 0) is 4.79 Å².